The standard InChI is InChI=1S/C15H12N2O4S/c18-15(19)16-13-8-4-5-11-9-10-17(14(11)13)22(20,21)12-6-2-1-3-7-12/h1-10,16H,(H,18,19). The molecule has 0 saturated carbocycles. The second-order valence-electron chi connectivity index (χ2n) is 4.60. The van der Waals surface area contributed by atoms with Gasteiger partial charge in [0, 0.05) is 11.6 Å². The number of amides is 1. The van der Waals surface area contributed by atoms with Gasteiger partial charge in [0.2, 0.25) is 0 Å². The van der Waals surface area contributed by atoms with Crippen molar-refractivity contribution < 1.29 is 18.3 Å². The van der Waals surface area contributed by atoms with Gasteiger partial charge in [-0.05, 0) is 24.3 Å². The predicted molar refractivity (Wildman–Crippen MR) is 82.6 cm³/mol. The molecule has 2 aromatic carbocycles. The molecule has 7 heteroatoms. The number of para-hydroxylation sites is 1. The third-order valence-corrected chi connectivity index (χ3v) is 4.91. The molecule has 112 valence electrons. The average Bonchev–Trinajstić information content (AvgIpc) is 2.93. The number of hydrogen-bond donors (Lipinski definition) is 2. The van der Waals surface area contributed by atoms with E-state index in [2.05, 4.69) is 5.32 Å². The Morgan fingerprint density at radius 3 is 2.41 bits per heavy atom. The minimum absolute atomic E-state index is 0.137. The van der Waals surface area contributed by atoms with Crippen LogP contribution >= 0.6 is 0 Å². The molecule has 0 radical (unpaired) electrons. The zero-order valence-electron chi connectivity index (χ0n) is 11.3. The number of nitrogens with one attached hydrogen (secondary N) is 1. The van der Waals surface area contributed by atoms with Crippen molar-refractivity contribution in [3.05, 3.63) is 60.8 Å². The average molecular weight is 316 g/mol. The van der Waals surface area contributed by atoms with Gasteiger partial charge in [0.25, 0.3) is 10.0 Å². The van der Waals surface area contributed by atoms with Crippen LogP contribution in [0.3, 0.4) is 0 Å². The van der Waals surface area contributed by atoms with Crippen molar-refractivity contribution in [3.8, 4) is 0 Å². The largest absolute Gasteiger partial charge is 0.465 e. The lowest BCUT2D eigenvalue weighted by Gasteiger charge is -2.10. The number of hydrogen-bond acceptors (Lipinski definition) is 3. The highest BCUT2D eigenvalue weighted by molar-refractivity contribution is 7.90. The normalized spacial score (nSPS) is 11.5. The minimum atomic E-state index is -3.80. The molecule has 1 amide bonds. The summed E-state index contributed by atoms with van der Waals surface area (Å²) in [5.74, 6) is 0. The molecule has 0 saturated heterocycles. The van der Waals surface area contributed by atoms with Gasteiger partial charge in [-0.25, -0.2) is 17.2 Å². The third-order valence-electron chi connectivity index (χ3n) is 3.22. The van der Waals surface area contributed by atoms with Crippen molar-refractivity contribution >= 4 is 32.7 Å². The molecular formula is C15H12N2O4S. The Kier molecular flexibility index (Phi) is 3.34. The van der Waals surface area contributed by atoms with Crippen molar-refractivity contribution in [3.63, 3.8) is 0 Å². The van der Waals surface area contributed by atoms with Crippen LogP contribution in [-0.4, -0.2) is 23.6 Å². The summed E-state index contributed by atoms with van der Waals surface area (Å²) in [6, 6.07) is 14.5. The summed E-state index contributed by atoms with van der Waals surface area (Å²) in [7, 11) is -3.80. The van der Waals surface area contributed by atoms with Crippen molar-refractivity contribution in [2.45, 2.75) is 4.90 Å². The zero-order chi connectivity index (χ0) is 15.7. The van der Waals surface area contributed by atoms with Crippen molar-refractivity contribution in [1.82, 2.24) is 3.97 Å². The van der Waals surface area contributed by atoms with Gasteiger partial charge in [0.15, 0.2) is 0 Å². The molecule has 3 aromatic rings. The Morgan fingerprint density at radius 1 is 1.00 bits per heavy atom. The fourth-order valence-electron chi connectivity index (χ4n) is 2.29. The van der Waals surface area contributed by atoms with Crippen LogP contribution in [0.1, 0.15) is 0 Å². The Hall–Kier alpha value is -2.80. The molecule has 0 fully saturated rings. The SMILES string of the molecule is O=C(O)Nc1cccc2ccn(S(=O)(=O)c3ccccc3)c12. The summed E-state index contributed by atoms with van der Waals surface area (Å²) in [4.78, 5) is 11.0. The maximum atomic E-state index is 12.7. The van der Waals surface area contributed by atoms with Crippen LogP contribution in [-0.2, 0) is 10.0 Å². The molecule has 0 aliphatic carbocycles. The Bertz CT molecular complexity index is 946. The number of nitrogens with zero attached hydrogens (tertiary/aromatic N) is 1. The second-order valence-corrected chi connectivity index (χ2v) is 6.42. The van der Waals surface area contributed by atoms with Crippen molar-refractivity contribution in [2.24, 2.45) is 0 Å². The Morgan fingerprint density at radius 2 is 1.73 bits per heavy atom. The number of carboxylic acid groups (broad SMARTS) is 1. The quantitative estimate of drug-likeness (QED) is 0.777. The highest BCUT2D eigenvalue weighted by Crippen LogP contribution is 2.28. The third kappa shape index (κ3) is 2.31. The van der Waals surface area contributed by atoms with Gasteiger partial charge in [-0.1, -0.05) is 30.3 Å². The first-order chi connectivity index (χ1) is 10.5. The van der Waals surface area contributed by atoms with Crippen molar-refractivity contribution in [2.75, 3.05) is 5.32 Å². The number of rotatable bonds is 3. The maximum absolute atomic E-state index is 12.7. The summed E-state index contributed by atoms with van der Waals surface area (Å²) < 4.78 is 26.6. The first-order valence-corrected chi connectivity index (χ1v) is 7.85. The van der Waals surface area contributed by atoms with Gasteiger partial charge in [-0.3, -0.25) is 5.32 Å². The summed E-state index contributed by atoms with van der Waals surface area (Å²) in [5, 5.41) is 11.8. The molecule has 0 aliphatic heterocycles. The number of anilines is 1. The molecule has 0 aliphatic rings. The van der Waals surface area contributed by atoms with Gasteiger partial charge >= 0.3 is 6.09 Å². The van der Waals surface area contributed by atoms with Gasteiger partial charge in [-0.15, -0.1) is 0 Å². The van der Waals surface area contributed by atoms with E-state index in [1.165, 1.54) is 24.4 Å². The smallest absolute Gasteiger partial charge is 0.409 e. The first-order valence-electron chi connectivity index (χ1n) is 6.41. The number of carbonyl (C=O) groups is 1. The van der Waals surface area contributed by atoms with Crippen molar-refractivity contribution in [1.29, 1.82) is 0 Å². The molecule has 22 heavy (non-hydrogen) atoms. The Balaban J connectivity index is 2.26. The van der Waals surface area contributed by atoms with E-state index in [9.17, 15) is 13.2 Å². The molecule has 2 N–H and O–H groups in total. The monoisotopic (exact) mass is 316 g/mol. The number of benzene rings is 2. The summed E-state index contributed by atoms with van der Waals surface area (Å²) >= 11 is 0. The van der Waals surface area contributed by atoms with E-state index in [1.807, 2.05) is 0 Å². The van der Waals surface area contributed by atoms with E-state index in [4.69, 9.17) is 5.11 Å². The zero-order valence-corrected chi connectivity index (χ0v) is 12.1. The maximum Gasteiger partial charge on any atom is 0.409 e. The highest BCUT2D eigenvalue weighted by Gasteiger charge is 2.20. The molecule has 0 unspecified atom stereocenters. The van der Waals surface area contributed by atoms with Crippen LogP contribution in [0.2, 0.25) is 0 Å². The molecule has 0 spiro atoms. The van der Waals surface area contributed by atoms with E-state index in [0.717, 1.165) is 3.97 Å². The lowest BCUT2D eigenvalue weighted by Crippen LogP contribution is -2.14. The van der Waals surface area contributed by atoms with Crippen LogP contribution in [0.15, 0.2) is 65.7 Å². The number of aromatic nitrogens is 1. The van der Waals surface area contributed by atoms with Crippen LogP contribution in [0, 0.1) is 0 Å². The number of fused-ring (bicyclic) bond motifs is 1. The first kappa shape index (κ1) is 14.2. The fraction of sp³-hybridized carbons (Fsp3) is 0. The van der Waals surface area contributed by atoms with Gasteiger partial charge in [0.1, 0.15) is 0 Å². The molecule has 1 aromatic heterocycles. The van der Waals surface area contributed by atoms with E-state index < -0.39 is 16.1 Å². The van der Waals surface area contributed by atoms with Crippen LogP contribution in [0.4, 0.5) is 10.5 Å². The molecule has 0 bridgehead atoms. The van der Waals surface area contributed by atoms with Crippen LogP contribution in [0.25, 0.3) is 10.9 Å². The molecule has 3 rings (SSSR count). The second kappa shape index (κ2) is 5.19. The molecule has 1 heterocycles. The summed E-state index contributed by atoms with van der Waals surface area (Å²) in [5.41, 5.74) is 0.517. The van der Waals surface area contributed by atoms with Gasteiger partial charge in [0.05, 0.1) is 16.1 Å². The van der Waals surface area contributed by atoms with Crippen LogP contribution in [0.5, 0.6) is 0 Å². The molecule has 6 nitrogen and oxygen atoms in total. The lowest BCUT2D eigenvalue weighted by atomic mass is 10.2. The minimum Gasteiger partial charge on any atom is -0.465 e. The van der Waals surface area contributed by atoms with Crippen LogP contribution < -0.4 is 5.32 Å². The topological polar surface area (TPSA) is 88.4 Å². The van der Waals surface area contributed by atoms with E-state index in [-0.39, 0.29) is 10.6 Å². The Labute approximate surface area is 126 Å². The van der Waals surface area contributed by atoms with E-state index in [0.29, 0.717) is 10.9 Å². The summed E-state index contributed by atoms with van der Waals surface area (Å²) in [6.45, 7) is 0. The van der Waals surface area contributed by atoms with E-state index >= 15 is 0 Å². The highest BCUT2D eigenvalue weighted by atomic mass is 32.2. The molecular weight excluding hydrogens is 304 g/mol. The van der Waals surface area contributed by atoms with E-state index in [1.54, 1.807) is 36.4 Å². The lowest BCUT2D eigenvalue weighted by molar-refractivity contribution is 0.210. The van der Waals surface area contributed by atoms with Gasteiger partial charge in [-0.2, -0.15) is 0 Å². The predicted octanol–water partition coefficient (Wildman–Crippen LogP) is 2.97. The fourth-order valence-corrected chi connectivity index (χ4v) is 3.68. The summed E-state index contributed by atoms with van der Waals surface area (Å²) in [6.07, 6.45) is 0.164. The molecule has 0 atom stereocenters. The van der Waals surface area contributed by atoms with Gasteiger partial charge < -0.3 is 5.11 Å².